The number of fused-ring (bicyclic) bond motifs is 1. The highest BCUT2D eigenvalue weighted by molar-refractivity contribution is 6.32. The van der Waals surface area contributed by atoms with E-state index in [1.165, 1.54) is 6.07 Å². The molecule has 0 aromatic heterocycles. The third-order valence-corrected chi connectivity index (χ3v) is 5.93. The van der Waals surface area contributed by atoms with Gasteiger partial charge in [-0.1, -0.05) is 23.7 Å². The van der Waals surface area contributed by atoms with Crippen LogP contribution in [0.4, 0.5) is 0 Å². The Hall–Kier alpha value is -2.21. The van der Waals surface area contributed by atoms with Crippen LogP contribution in [0.3, 0.4) is 0 Å². The molecule has 0 amide bonds. The summed E-state index contributed by atoms with van der Waals surface area (Å²) in [6, 6.07) is 8.68. The van der Waals surface area contributed by atoms with Crippen LogP contribution in [0.2, 0.25) is 5.02 Å². The number of halogens is 1. The summed E-state index contributed by atoms with van der Waals surface area (Å²) in [4.78, 5) is 2.08. The van der Waals surface area contributed by atoms with Gasteiger partial charge < -0.3 is 25.0 Å². The number of aliphatic hydroxyl groups is 1. The van der Waals surface area contributed by atoms with Crippen LogP contribution in [0.15, 0.2) is 36.4 Å². The molecule has 4 rings (SSSR count). The Labute approximate surface area is 163 Å². The Balaban J connectivity index is 1.80. The van der Waals surface area contributed by atoms with Gasteiger partial charge >= 0.3 is 0 Å². The molecule has 1 saturated heterocycles. The zero-order valence-electron chi connectivity index (χ0n) is 15.0. The largest absolute Gasteiger partial charge is 0.507 e. The molecule has 27 heavy (non-hydrogen) atoms. The van der Waals surface area contributed by atoms with Gasteiger partial charge in [0.15, 0.2) is 0 Å². The van der Waals surface area contributed by atoms with Crippen molar-refractivity contribution in [3.63, 3.8) is 0 Å². The van der Waals surface area contributed by atoms with Crippen LogP contribution in [-0.2, 0) is 6.42 Å². The lowest BCUT2D eigenvalue weighted by atomic mass is 9.87. The summed E-state index contributed by atoms with van der Waals surface area (Å²) in [5, 5.41) is 31.4. The van der Waals surface area contributed by atoms with E-state index >= 15 is 0 Å². The topological polar surface area (TPSA) is 73.2 Å². The van der Waals surface area contributed by atoms with Crippen LogP contribution in [0, 0.1) is 0 Å². The van der Waals surface area contributed by atoms with Crippen molar-refractivity contribution in [3.05, 3.63) is 58.1 Å². The summed E-state index contributed by atoms with van der Waals surface area (Å²) < 4.78 is 6.19. The number of rotatable bonds is 3. The predicted molar refractivity (Wildman–Crippen MR) is 104 cm³/mol. The van der Waals surface area contributed by atoms with Gasteiger partial charge in [-0.3, -0.25) is 0 Å². The number of ether oxygens (including phenoxy) is 1. The second-order valence-electron chi connectivity index (χ2n) is 7.12. The zero-order valence-corrected chi connectivity index (χ0v) is 15.8. The SMILES string of the molecule is CN1CCC(c2c(O)cc(O)c3c2OC(c2ccccc2Cl)=CC3)C1CO. The number of likely N-dealkylation sites (N-methyl/N-ethyl adjacent to an activating group) is 1. The number of likely N-dealkylation sites (tertiary alicyclic amines) is 1. The van der Waals surface area contributed by atoms with Gasteiger partial charge in [0.25, 0.3) is 0 Å². The molecule has 3 N–H and O–H groups in total. The average molecular weight is 388 g/mol. The first-order chi connectivity index (χ1) is 13.0. The molecule has 2 atom stereocenters. The normalized spacial score (nSPS) is 22.3. The van der Waals surface area contributed by atoms with E-state index in [-0.39, 0.29) is 30.1 Å². The van der Waals surface area contributed by atoms with Crippen molar-refractivity contribution < 1.29 is 20.1 Å². The second-order valence-corrected chi connectivity index (χ2v) is 7.52. The van der Waals surface area contributed by atoms with Crippen molar-refractivity contribution in [2.24, 2.45) is 0 Å². The van der Waals surface area contributed by atoms with Crippen molar-refractivity contribution in [1.82, 2.24) is 4.90 Å². The molecule has 2 unspecified atom stereocenters. The number of phenols is 2. The Bertz CT molecular complexity index is 911. The van der Waals surface area contributed by atoms with Gasteiger partial charge in [0.05, 0.1) is 11.6 Å². The highest BCUT2D eigenvalue weighted by atomic mass is 35.5. The number of phenolic OH excluding ortho intramolecular Hbond substituents is 2. The number of benzene rings is 2. The highest BCUT2D eigenvalue weighted by Crippen LogP contribution is 2.49. The van der Waals surface area contributed by atoms with Crippen LogP contribution in [-0.4, -0.2) is 46.5 Å². The Morgan fingerprint density at radius 3 is 2.74 bits per heavy atom. The fourth-order valence-electron chi connectivity index (χ4n) is 4.15. The Morgan fingerprint density at radius 2 is 2.00 bits per heavy atom. The Morgan fingerprint density at radius 1 is 1.22 bits per heavy atom. The maximum absolute atomic E-state index is 10.6. The minimum atomic E-state index is -0.109. The van der Waals surface area contributed by atoms with Gasteiger partial charge in [-0.15, -0.1) is 0 Å². The monoisotopic (exact) mass is 387 g/mol. The van der Waals surface area contributed by atoms with Gasteiger partial charge in [-0.2, -0.15) is 0 Å². The number of aliphatic hydroxyl groups excluding tert-OH is 1. The molecule has 6 heteroatoms. The molecule has 0 radical (unpaired) electrons. The molecule has 0 saturated carbocycles. The molecule has 2 aliphatic heterocycles. The van der Waals surface area contributed by atoms with Gasteiger partial charge in [0.1, 0.15) is 23.0 Å². The number of hydrogen-bond donors (Lipinski definition) is 3. The maximum Gasteiger partial charge on any atom is 0.141 e. The van der Waals surface area contributed by atoms with Crippen molar-refractivity contribution in [1.29, 1.82) is 0 Å². The standard InChI is InChI=1S/C21H22ClNO4/c1-23-9-8-13(16(23)11-24)20-18(26)10-17(25)14-6-7-19(27-21(14)20)12-4-2-3-5-15(12)22/h2-5,7,10,13,16,24-26H,6,8-9,11H2,1H3. The van der Waals surface area contributed by atoms with Crippen LogP contribution in [0.5, 0.6) is 17.2 Å². The summed E-state index contributed by atoms with van der Waals surface area (Å²) in [6.45, 7) is 0.807. The smallest absolute Gasteiger partial charge is 0.141 e. The molecule has 142 valence electrons. The van der Waals surface area contributed by atoms with Crippen LogP contribution < -0.4 is 4.74 Å². The first-order valence-corrected chi connectivity index (χ1v) is 9.40. The summed E-state index contributed by atoms with van der Waals surface area (Å²) in [6.07, 6.45) is 3.15. The van der Waals surface area contributed by atoms with E-state index < -0.39 is 0 Å². The number of hydrogen-bond acceptors (Lipinski definition) is 5. The molecule has 2 heterocycles. The number of allylic oxidation sites excluding steroid dienone is 1. The van der Waals surface area contributed by atoms with Gasteiger partial charge in [0, 0.05) is 41.1 Å². The summed E-state index contributed by atoms with van der Waals surface area (Å²) in [7, 11) is 1.96. The molecule has 5 nitrogen and oxygen atoms in total. The molecular formula is C21H22ClNO4. The van der Waals surface area contributed by atoms with E-state index in [0.717, 1.165) is 18.5 Å². The summed E-state index contributed by atoms with van der Waals surface area (Å²) in [5.41, 5.74) is 2.05. The summed E-state index contributed by atoms with van der Waals surface area (Å²) >= 11 is 6.32. The van der Waals surface area contributed by atoms with E-state index in [1.54, 1.807) is 6.07 Å². The lowest BCUT2D eigenvalue weighted by Crippen LogP contribution is -2.32. The lowest BCUT2D eigenvalue weighted by Gasteiger charge is -2.29. The van der Waals surface area contributed by atoms with Crippen molar-refractivity contribution in [2.45, 2.75) is 24.8 Å². The average Bonchev–Trinajstić information content (AvgIpc) is 3.02. The molecule has 2 aromatic carbocycles. The quantitative estimate of drug-likeness (QED) is 0.751. The minimum Gasteiger partial charge on any atom is -0.507 e. The van der Waals surface area contributed by atoms with E-state index in [9.17, 15) is 15.3 Å². The molecule has 2 aromatic rings. The molecule has 2 aliphatic rings. The van der Waals surface area contributed by atoms with Gasteiger partial charge in [-0.25, -0.2) is 0 Å². The maximum atomic E-state index is 10.6. The van der Waals surface area contributed by atoms with E-state index in [4.69, 9.17) is 16.3 Å². The van der Waals surface area contributed by atoms with E-state index in [1.807, 2.05) is 31.3 Å². The van der Waals surface area contributed by atoms with Gasteiger partial charge in [-0.05, 0) is 38.2 Å². The predicted octanol–water partition coefficient (Wildman–Crippen LogP) is 3.51. The molecule has 0 bridgehead atoms. The van der Waals surface area contributed by atoms with Crippen molar-refractivity contribution in [3.8, 4) is 17.2 Å². The van der Waals surface area contributed by atoms with Crippen LogP contribution in [0.1, 0.15) is 29.0 Å². The first kappa shape index (κ1) is 18.2. The molecule has 1 fully saturated rings. The van der Waals surface area contributed by atoms with E-state index in [0.29, 0.717) is 34.1 Å². The Kier molecular flexibility index (Phi) is 4.76. The number of nitrogens with zero attached hydrogens (tertiary/aromatic N) is 1. The van der Waals surface area contributed by atoms with Crippen LogP contribution >= 0.6 is 11.6 Å². The molecular weight excluding hydrogens is 366 g/mol. The van der Waals surface area contributed by atoms with E-state index in [2.05, 4.69) is 4.90 Å². The van der Waals surface area contributed by atoms with Crippen molar-refractivity contribution in [2.75, 3.05) is 20.2 Å². The fourth-order valence-corrected chi connectivity index (χ4v) is 4.37. The first-order valence-electron chi connectivity index (χ1n) is 9.03. The zero-order chi connectivity index (χ0) is 19.1. The third kappa shape index (κ3) is 3.06. The third-order valence-electron chi connectivity index (χ3n) is 5.60. The van der Waals surface area contributed by atoms with Crippen LogP contribution in [0.25, 0.3) is 5.76 Å². The second kappa shape index (κ2) is 7.08. The number of aromatic hydroxyl groups is 2. The van der Waals surface area contributed by atoms with Gasteiger partial charge in [0.2, 0.25) is 0 Å². The minimum absolute atomic E-state index is 0.00705. The fraction of sp³-hybridized carbons (Fsp3) is 0.333. The summed E-state index contributed by atoms with van der Waals surface area (Å²) in [5.74, 6) is 0.993. The lowest BCUT2D eigenvalue weighted by molar-refractivity contribution is 0.171. The molecule has 0 aliphatic carbocycles. The van der Waals surface area contributed by atoms with Crippen molar-refractivity contribution >= 4 is 17.4 Å². The highest BCUT2D eigenvalue weighted by Gasteiger charge is 2.38. The molecule has 0 spiro atoms.